The molecule has 3 N–H and O–H groups in total. The Morgan fingerprint density at radius 1 is 1.00 bits per heavy atom. The topological polar surface area (TPSA) is 68.0 Å². The van der Waals surface area contributed by atoms with E-state index in [0.717, 1.165) is 37.8 Å². The minimum Gasteiger partial charge on any atom is -0.324 e. The Bertz CT molecular complexity index is 641. The van der Waals surface area contributed by atoms with E-state index < -0.39 is 5.54 Å². The lowest BCUT2D eigenvalue weighted by Crippen LogP contribution is -2.48. The van der Waals surface area contributed by atoms with E-state index in [1.165, 1.54) is 11.1 Å². The van der Waals surface area contributed by atoms with Crippen LogP contribution in [0.2, 0.25) is 0 Å². The molecule has 24 heavy (non-hydrogen) atoms. The lowest BCUT2D eigenvalue weighted by Gasteiger charge is -2.22. The Balaban J connectivity index is 0.00000144. The molecule has 0 atom stereocenters. The number of nitrogens with zero attached hydrogens (tertiary/aromatic N) is 1. The van der Waals surface area contributed by atoms with Gasteiger partial charge >= 0.3 is 0 Å². The molecule has 1 fully saturated rings. The second-order valence-corrected chi connectivity index (χ2v) is 6.05. The number of aromatic nitrogens is 1. The van der Waals surface area contributed by atoms with E-state index in [1.54, 1.807) is 12.4 Å². The van der Waals surface area contributed by atoms with E-state index in [4.69, 9.17) is 5.73 Å². The Labute approximate surface area is 155 Å². The van der Waals surface area contributed by atoms with Crippen molar-refractivity contribution in [2.45, 2.75) is 37.6 Å². The highest BCUT2D eigenvalue weighted by Gasteiger charge is 2.36. The second-order valence-electron chi connectivity index (χ2n) is 6.05. The van der Waals surface area contributed by atoms with Crippen molar-refractivity contribution in [3.05, 3.63) is 59.9 Å². The summed E-state index contributed by atoms with van der Waals surface area (Å²) >= 11 is 0. The highest BCUT2D eigenvalue weighted by atomic mass is 35.5. The van der Waals surface area contributed by atoms with Gasteiger partial charge in [0.1, 0.15) is 0 Å². The maximum atomic E-state index is 12.3. The van der Waals surface area contributed by atoms with Crippen molar-refractivity contribution < 1.29 is 4.79 Å². The first-order chi connectivity index (χ1) is 10.7. The number of nitrogens with two attached hydrogens (primary N) is 1. The van der Waals surface area contributed by atoms with E-state index in [0.29, 0.717) is 0 Å². The predicted octanol–water partition coefficient (Wildman–Crippen LogP) is 3.73. The van der Waals surface area contributed by atoms with Crippen LogP contribution in [0.15, 0.2) is 48.8 Å². The third-order valence-corrected chi connectivity index (χ3v) is 4.32. The van der Waals surface area contributed by atoms with Crippen molar-refractivity contribution in [1.29, 1.82) is 0 Å². The predicted molar refractivity (Wildman–Crippen MR) is 102 cm³/mol. The first-order valence-electron chi connectivity index (χ1n) is 7.74. The zero-order valence-corrected chi connectivity index (χ0v) is 15.0. The van der Waals surface area contributed by atoms with Gasteiger partial charge in [0.05, 0.1) is 5.54 Å². The molecule has 0 aliphatic heterocycles. The maximum absolute atomic E-state index is 12.3. The summed E-state index contributed by atoms with van der Waals surface area (Å²) in [4.78, 5) is 16.3. The van der Waals surface area contributed by atoms with Gasteiger partial charge in [-0.15, -0.1) is 24.8 Å². The first-order valence-corrected chi connectivity index (χ1v) is 7.74. The molecule has 1 aliphatic carbocycles. The molecular formula is C18H23Cl2N3O. The minimum absolute atomic E-state index is 0. The lowest BCUT2D eigenvalue weighted by molar-refractivity contribution is -0.121. The molecule has 3 rings (SSSR count). The summed E-state index contributed by atoms with van der Waals surface area (Å²) in [5.74, 6) is -0.0631. The molecule has 0 radical (unpaired) electrons. The van der Waals surface area contributed by atoms with E-state index in [2.05, 4.69) is 10.3 Å². The van der Waals surface area contributed by atoms with Crippen LogP contribution in [0.5, 0.6) is 0 Å². The van der Waals surface area contributed by atoms with Crippen LogP contribution < -0.4 is 11.1 Å². The van der Waals surface area contributed by atoms with Crippen LogP contribution in [-0.4, -0.2) is 16.4 Å². The van der Waals surface area contributed by atoms with Crippen LogP contribution in [0.25, 0.3) is 0 Å². The van der Waals surface area contributed by atoms with Gasteiger partial charge in [-0.2, -0.15) is 0 Å². The van der Waals surface area contributed by atoms with Gasteiger partial charge in [0.15, 0.2) is 0 Å². The molecule has 0 bridgehead atoms. The molecule has 0 unspecified atom stereocenters. The summed E-state index contributed by atoms with van der Waals surface area (Å²) in [6.07, 6.45) is 8.08. The second kappa shape index (κ2) is 9.02. The highest BCUT2D eigenvalue weighted by Crippen LogP contribution is 2.28. The third kappa shape index (κ3) is 4.94. The first kappa shape index (κ1) is 20.4. The average Bonchev–Trinajstić information content (AvgIpc) is 2.98. The summed E-state index contributed by atoms with van der Waals surface area (Å²) in [6, 6.07) is 12.0. The Kier molecular flexibility index (Phi) is 7.67. The number of pyridine rings is 1. The van der Waals surface area contributed by atoms with E-state index in [9.17, 15) is 4.79 Å². The molecule has 1 saturated carbocycles. The molecule has 130 valence electrons. The van der Waals surface area contributed by atoms with Crippen molar-refractivity contribution in [1.82, 2.24) is 4.98 Å². The Hall–Kier alpha value is -1.62. The van der Waals surface area contributed by atoms with Gasteiger partial charge in [0.2, 0.25) is 5.91 Å². The number of carbonyl (C=O) groups excluding carboxylic acids is 1. The molecule has 0 saturated heterocycles. The van der Waals surface area contributed by atoms with Gasteiger partial charge in [0, 0.05) is 18.1 Å². The van der Waals surface area contributed by atoms with Gasteiger partial charge in [0.25, 0.3) is 0 Å². The van der Waals surface area contributed by atoms with Crippen molar-refractivity contribution in [2.75, 3.05) is 5.32 Å². The van der Waals surface area contributed by atoms with Gasteiger partial charge in [-0.05, 0) is 54.7 Å². The smallest absolute Gasteiger partial charge is 0.244 e. The number of halogens is 2. The van der Waals surface area contributed by atoms with Gasteiger partial charge in [-0.3, -0.25) is 9.78 Å². The Morgan fingerprint density at radius 3 is 2.12 bits per heavy atom. The van der Waals surface area contributed by atoms with Crippen LogP contribution in [0.3, 0.4) is 0 Å². The number of rotatable bonds is 4. The van der Waals surface area contributed by atoms with Crippen LogP contribution in [-0.2, 0) is 11.2 Å². The summed E-state index contributed by atoms with van der Waals surface area (Å²) < 4.78 is 0. The largest absolute Gasteiger partial charge is 0.324 e. The number of hydrogen-bond acceptors (Lipinski definition) is 3. The van der Waals surface area contributed by atoms with Crippen LogP contribution in [0.1, 0.15) is 36.8 Å². The standard InChI is InChI=1S/C18H21N3O.2ClH/c19-18(9-1-2-10-18)17(22)21-16-5-3-14(4-6-16)13-15-7-11-20-12-8-15;;/h3-8,11-12H,1-2,9-10,13,19H2,(H,21,22);2*1H. The van der Waals surface area contributed by atoms with Crippen LogP contribution in [0, 0.1) is 0 Å². The van der Waals surface area contributed by atoms with E-state index in [-0.39, 0.29) is 30.7 Å². The monoisotopic (exact) mass is 367 g/mol. The van der Waals surface area contributed by atoms with Crippen molar-refractivity contribution in [2.24, 2.45) is 5.73 Å². The SMILES string of the molecule is Cl.Cl.NC1(C(=O)Nc2ccc(Cc3ccncc3)cc2)CCCC1. The fraction of sp³-hybridized carbons (Fsp3) is 0.333. The fourth-order valence-electron chi connectivity index (χ4n) is 2.93. The quantitative estimate of drug-likeness (QED) is 0.864. The third-order valence-electron chi connectivity index (χ3n) is 4.32. The lowest BCUT2D eigenvalue weighted by atomic mass is 9.98. The Morgan fingerprint density at radius 2 is 1.54 bits per heavy atom. The van der Waals surface area contributed by atoms with E-state index >= 15 is 0 Å². The molecule has 1 aromatic heterocycles. The summed E-state index contributed by atoms with van der Waals surface area (Å²) in [6.45, 7) is 0. The molecule has 1 heterocycles. The van der Waals surface area contributed by atoms with E-state index in [1.807, 2.05) is 36.4 Å². The molecule has 1 aliphatic rings. The average molecular weight is 368 g/mol. The van der Waals surface area contributed by atoms with Crippen molar-refractivity contribution in [3.8, 4) is 0 Å². The van der Waals surface area contributed by atoms with Gasteiger partial charge in [-0.25, -0.2) is 0 Å². The zero-order valence-electron chi connectivity index (χ0n) is 13.4. The molecule has 6 heteroatoms. The minimum atomic E-state index is -0.685. The van der Waals surface area contributed by atoms with Crippen molar-refractivity contribution in [3.63, 3.8) is 0 Å². The number of hydrogen-bond donors (Lipinski definition) is 2. The van der Waals surface area contributed by atoms with Crippen molar-refractivity contribution >= 4 is 36.4 Å². The number of benzene rings is 1. The molecule has 0 spiro atoms. The normalized spacial score (nSPS) is 15.0. The molecule has 1 amide bonds. The van der Waals surface area contributed by atoms with Crippen LogP contribution in [0.4, 0.5) is 5.69 Å². The number of amides is 1. The molecular weight excluding hydrogens is 345 g/mol. The summed E-state index contributed by atoms with van der Waals surface area (Å²) in [5, 5.41) is 2.94. The molecule has 2 aromatic rings. The van der Waals surface area contributed by atoms with Crippen LogP contribution >= 0.6 is 24.8 Å². The number of carbonyl (C=O) groups is 1. The van der Waals surface area contributed by atoms with Gasteiger partial charge in [-0.1, -0.05) is 25.0 Å². The molecule has 4 nitrogen and oxygen atoms in total. The fourth-order valence-corrected chi connectivity index (χ4v) is 2.93. The van der Waals surface area contributed by atoms with Gasteiger partial charge < -0.3 is 11.1 Å². The number of anilines is 1. The maximum Gasteiger partial charge on any atom is 0.244 e. The zero-order chi connectivity index (χ0) is 15.4. The number of nitrogens with one attached hydrogen (secondary N) is 1. The summed E-state index contributed by atoms with van der Waals surface area (Å²) in [7, 11) is 0. The molecule has 1 aromatic carbocycles. The highest BCUT2D eigenvalue weighted by molar-refractivity contribution is 5.98. The summed E-state index contributed by atoms with van der Waals surface area (Å²) in [5.41, 5.74) is 8.71.